The lowest BCUT2D eigenvalue weighted by molar-refractivity contribution is -0.117. The molecule has 0 bridgehead atoms. The first-order valence-corrected chi connectivity index (χ1v) is 3.63. The molecule has 3 nitrogen and oxygen atoms in total. The van der Waals surface area contributed by atoms with Crippen LogP contribution in [-0.4, -0.2) is 5.91 Å². The molecule has 0 radical (unpaired) electrons. The molecule has 1 rings (SSSR count). The van der Waals surface area contributed by atoms with Gasteiger partial charge in [-0.25, -0.2) is 5.84 Å². The Balaban J connectivity index is 2.83. The highest BCUT2D eigenvalue weighted by Gasteiger charge is 2.10. The van der Waals surface area contributed by atoms with Crippen molar-refractivity contribution in [2.24, 2.45) is 5.84 Å². The molecule has 60 valence electrons. The summed E-state index contributed by atoms with van der Waals surface area (Å²) in [5.74, 6) is 4.80. The Kier molecular flexibility index (Phi) is 2.44. The molecule has 0 aromatic rings. The first-order valence-electron chi connectivity index (χ1n) is 3.63. The van der Waals surface area contributed by atoms with Crippen LogP contribution in [-0.2, 0) is 4.79 Å². The lowest BCUT2D eigenvalue weighted by Gasteiger charge is -2.09. The van der Waals surface area contributed by atoms with Gasteiger partial charge < -0.3 is 0 Å². The third kappa shape index (κ3) is 1.68. The monoisotopic (exact) mass is 152 g/mol. The van der Waals surface area contributed by atoms with E-state index in [0.717, 1.165) is 18.4 Å². The molecule has 3 heteroatoms. The molecule has 3 N–H and O–H groups in total. The van der Waals surface area contributed by atoms with Crippen molar-refractivity contribution in [3.8, 4) is 0 Å². The fourth-order valence-electron chi connectivity index (χ4n) is 1.13. The van der Waals surface area contributed by atoms with Crippen molar-refractivity contribution < 1.29 is 4.79 Å². The third-order valence-electron chi connectivity index (χ3n) is 1.81. The molecule has 0 fully saturated rings. The number of carbonyl (C=O) groups excluding carboxylic acids is 1. The topological polar surface area (TPSA) is 55.1 Å². The zero-order valence-electron chi connectivity index (χ0n) is 6.55. The highest BCUT2D eigenvalue weighted by Crippen LogP contribution is 2.17. The van der Waals surface area contributed by atoms with Gasteiger partial charge in [0.15, 0.2) is 0 Å². The number of hydrazine groups is 1. The molecule has 0 saturated carbocycles. The molecule has 1 amide bonds. The Bertz CT molecular complexity index is 228. The summed E-state index contributed by atoms with van der Waals surface area (Å²) in [7, 11) is 0. The van der Waals surface area contributed by atoms with Crippen LogP contribution < -0.4 is 11.3 Å². The summed E-state index contributed by atoms with van der Waals surface area (Å²) in [5, 5.41) is 0. The molecular weight excluding hydrogens is 140 g/mol. The third-order valence-corrected chi connectivity index (χ3v) is 1.81. The Hall–Kier alpha value is -1.09. The van der Waals surface area contributed by atoms with Crippen LogP contribution in [0.4, 0.5) is 0 Å². The molecule has 0 aliphatic heterocycles. The van der Waals surface area contributed by atoms with Crippen LogP contribution in [0, 0.1) is 0 Å². The molecule has 0 unspecified atom stereocenters. The van der Waals surface area contributed by atoms with Crippen molar-refractivity contribution in [1.82, 2.24) is 5.43 Å². The van der Waals surface area contributed by atoms with Gasteiger partial charge in [-0.1, -0.05) is 17.7 Å². The van der Waals surface area contributed by atoms with Gasteiger partial charge in [0.2, 0.25) is 0 Å². The standard InChI is InChI=1S/C8H12N2O/c1-6-4-2-3-5-7(6)8(11)10-9/h3,5H,2,4,9H2,1H3,(H,10,11). The normalized spacial score (nSPS) is 16.9. The molecular formula is C8H12N2O. The van der Waals surface area contributed by atoms with Gasteiger partial charge in [0.1, 0.15) is 0 Å². The van der Waals surface area contributed by atoms with Crippen LogP contribution in [0.2, 0.25) is 0 Å². The number of nitrogens with one attached hydrogen (secondary N) is 1. The summed E-state index contributed by atoms with van der Waals surface area (Å²) >= 11 is 0. The molecule has 11 heavy (non-hydrogen) atoms. The van der Waals surface area contributed by atoms with Gasteiger partial charge in [-0.15, -0.1) is 0 Å². The number of nitrogens with two attached hydrogens (primary N) is 1. The van der Waals surface area contributed by atoms with Crippen molar-refractivity contribution in [1.29, 1.82) is 0 Å². The van der Waals surface area contributed by atoms with Crippen molar-refractivity contribution in [3.05, 3.63) is 23.3 Å². The van der Waals surface area contributed by atoms with Crippen LogP contribution in [0.5, 0.6) is 0 Å². The maximum absolute atomic E-state index is 11.0. The zero-order chi connectivity index (χ0) is 8.27. The number of allylic oxidation sites excluding steroid dienone is 2. The van der Waals surface area contributed by atoms with Crippen LogP contribution in [0.25, 0.3) is 0 Å². The van der Waals surface area contributed by atoms with E-state index in [1.165, 1.54) is 0 Å². The van der Waals surface area contributed by atoms with Gasteiger partial charge >= 0.3 is 0 Å². The number of carbonyl (C=O) groups is 1. The summed E-state index contributed by atoms with van der Waals surface area (Å²) in [5.41, 5.74) is 3.93. The minimum absolute atomic E-state index is 0.196. The fraction of sp³-hybridized carbons (Fsp3) is 0.375. The quantitative estimate of drug-likeness (QED) is 0.329. The SMILES string of the molecule is CC1=C(C(=O)NN)C=CCC1. The van der Waals surface area contributed by atoms with Crippen LogP contribution in [0.15, 0.2) is 23.3 Å². The second kappa shape index (κ2) is 3.34. The fourth-order valence-corrected chi connectivity index (χ4v) is 1.13. The minimum atomic E-state index is -0.196. The summed E-state index contributed by atoms with van der Waals surface area (Å²) < 4.78 is 0. The summed E-state index contributed by atoms with van der Waals surface area (Å²) in [6.07, 6.45) is 5.78. The first kappa shape index (κ1) is 8.01. The second-order valence-corrected chi connectivity index (χ2v) is 2.61. The smallest absolute Gasteiger partial charge is 0.265 e. The van der Waals surface area contributed by atoms with E-state index in [1.807, 2.05) is 19.1 Å². The van der Waals surface area contributed by atoms with E-state index in [0.29, 0.717) is 5.57 Å². The first-order chi connectivity index (χ1) is 5.25. The van der Waals surface area contributed by atoms with E-state index in [-0.39, 0.29) is 5.91 Å². The Morgan fingerprint density at radius 2 is 2.45 bits per heavy atom. The number of hydrogen-bond acceptors (Lipinski definition) is 2. The van der Waals surface area contributed by atoms with Crippen molar-refractivity contribution in [2.45, 2.75) is 19.8 Å². The maximum atomic E-state index is 11.0. The van der Waals surface area contributed by atoms with Gasteiger partial charge in [-0.3, -0.25) is 10.2 Å². The van der Waals surface area contributed by atoms with E-state index in [9.17, 15) is 4.79 Å². The summed E-state index contributed by atoms with van der Waals surface area (Å²) in [4.78, 5) is 11.0. The largest absolute Gasteiger partial charge is 0.290 e. The van der Waals surface area contributed by atoms with E-state index in [4.69, 9.17) is 5.84 Å². The lowest BCUT2D eigenvalue weighted by Crippen LogP contribution is -2.31. The van der Waals surface area contributed by atoms with E-state index in [1.54, 1.807) is 0 Å². The summed E-state index contributed by atoms with van der Waals surface area (Å²) in [6, 6.07) is 0. The van der Waals surface area contributed by atoms with Crippen LogP contribution in [0.1, 0.15) is 19.8 Å². The minimum Gasteiger partial charge on any atom is -0.290 e. The molecule has 1 aliphatic rings. The van der Waals surface area contributed by atoms with Gasteiger partial charge in [-0.2, -0.15) is 0 Å². The van der Waals surface area contributed by atoms with Crippen molar-refractivity contribution in [2.75, 3.05) is 0 Å². The van der Waals surface area contributed by atoms with Gasteiger partial charge in [0, 0.05) is 5.57 Å². The predicted octanol–water partition coefficient (Wildman–Crippen LogP) is 0.643. The number of hydrogen-bond donors (Lipinski definition) is 2. The average molecular weight is 152 g/mol. The van der Waals surface area contributed by atoms with Gasteiger partial charge in [0.25, 0.3) is 5.91 Å². The molecule has 0 saturated heterocycles. The van der Waals surface area contributed by atoms with E-state index >= 15 is 0 Å². The van der Waals surface area contributed by atoms with Crippen molar-refractivity contribution >= 4 is 5.91 Å². The zero-order valence-corrected chi connectivity index (χ0v) is 6.55. The second-order valence-electron chi connectivity index (χ2n) is 2.61. The molecule has 0 atom stereocenters. The van der Waals surface area contributed by atoms with Gasteiger partial charge in [0.05, 0.1) is 0 Å². The molecule has 0 spiro atoms. The number of amides is 1. The van der Waals surface area contributed by atoms with Crippen LogP contribution >= 0.6 is 0 Å². The molecule has 0 heterocycles. The van der Waals surface area contributed by atoms with E-state index < -0.39 is 0 Å². The maximum Gasteiger partial charge on any atom is 0.265 e. The highest BCUT2D eigenvalue weighted by molar-refractivity contribution is 5.96. The lowest BCUT2D eigenvalue weighted by atomic mass is 9.99. The van der Waals surface area contributed by atoms with E-state index in [2.05, 4.69) is 5.43 Å². The summed E-state index contributed by atoms with van der Waals surface area (Å²) in [6.45, 7) is 1.95. The Morgan fingerprint density at radius 1 is 1.73 bits per heavy atom. The predicted molar refractivity (Wildman–Crippen MR) is 43.4 cm³/mol. The average Bonchev–Trinajstić information content (AvgIpc) is 2.04. The molecule has 1 aliphatic carbocycles. The highest BCUT2D eigenvalue weighted by atomic mass is 16.2. The Labute approximate surface area is 65.9 Å². The molecule has 0 aromatic heterocycles. The Morgan fingerprint density at radius 3 is 3.00 bits per heavy atom. The number of rotatable bonds is 1. The van der Waals surface area contributed by atoms with Crippen molar-refractivity contribution in [3.63, 3.8) is 0 Å². The van der Waals surface area contributed by atoms with Gasteiger partial charge in [-0.05, 0) is 19.8 Å². The van der Waals surface area contributed by atoms with Crippen LogP contribution in [0.3, 0.4) is 0 Å². The molecule has 0 aromatic carbocycles.